The van der Waals surface area contributed by atoms with Crippen LogP contribution in [-0.4, -0.2) is 31.0 Å². The molecule has 3 aromatic rings. The van der Waals surface area contributed by atoms with Crippen molar-refractivity contribution in [2.45, 2.75) is 32.2 Å². The van der Waals surface area contributed by atoms with Crippen LogP contribution in [-0.2, 0) is 15.0 Å². The third kappa shape index (κ3) is 4.44. The molecule has 186 valence electrons. The van der Waals surface area contributed by atoms with E-state index in [9.17, 15) is 19.1 Å². The van der Waals surface area contributed by atoms with E-state index in [-0.39, 0.29) is 16.7 Å². The normalized spacial score (nSPS) is 17.4. The lowest BCUT2D eigenvalue weighted by atomic mass is 9.84. The molecule has 0 aliphatic carbocycles. The van der Waals surface area contributed by atoms with Gasteiger partial charge in [0.1, 0.15) is 23.1 Å². The van der Waals surface area contributed by atoms with Crippen molar-refractivity contribution in [2.24, 2.45) is 0 Å². The third-order valence-electron chi connectivity index (χ3n) is 6.24. The minimum absolute atomic E-state index is 0.0670. The number of benzene rings is 3. The zero-order valence-corrected chi connectivity index (χ0v) is 20.8. The molecule has 1 atom stereocenters. The predicted octanol–water partition coefficient (Wildman–Crippen LogP) is 5.77. The van der Waals surface area contributed by atoms with Crippen LogP contribution in [0.25, 0.3) is 5.76 Å². The Morgan fingerprint density at radius 2 is 1.64 bits per heavy atom. The van der Waals surface area contributed by atoms with Gasteiger partial charge in [0, 0.05) is 16.8 Å². The number of hydrogen-bond donors (Lipinski definition) is 1. The molecule has 1 aliphatic heterocycles. The van der Waals surface area contributed by atoms with Crippen LogP contribution in [0.3, 0.4) is 0 Å². The number of halogens is 1. The number of aliphatic hydroxyl groups excluding tert-OH is 1. The number of carbonyl (C=O) groups excluding carboxylic acids is 2. The van der Waals surface area contributed by atoms with Crippen molar-refractivity contribution in [3.05, 3.63) is 94.8 Å². The zero-order chi connectivity index (χ0) is 26.2. The van der Waals surface area contributed by atoms with Crippen molar-refractivity contribution < 1.29 is 28.6 Å². The first kappa shape index (κ1) is 25.0. The van der Waals surface area contributed by atoms with Crippen LogP contribution in [0.2, 0.25) is 0 Å². The molecule has 1 N–H and O–H groups in total. The monoisotopic (exact) mass is 489 g/mol. The van der Waals surface area contributed by atoms with Gasteiger partial charge in [-0.05, 0) is 65.6 Å². The number of anilines is 1. The van der Waals surface area contributed by atoms with Crippen molar-refractivity contribution in [1.29, 1.82) is 0 Å². The standard InChI is InChI=1S/C29H28FNO5/c1-29(2,3)22-16-18(9-14-23(22)36-5)26(32)24-25(17-7-6-8-21(15-17)35-4)31(28(34)27(24)33)20-12-10-19(30)11-13-20/h6-16,25,32H,1-5H3/b26-24-. The molecule has 1 saturated heterocycles. The smallest absolute Gasteiger partial charge is 0.300 e. The van der Waals surface area contributed by atoms with Crippen LogP contribution in [0.5, 0.6) is 11.5 Å². The molecule has 1 heterocycles. The van der Waals surface area contributed by atoms with Crippen molar-refractivity contribution in [3.63, 3.8) is 0 Å². The molecule has 1 aliphatic rings. The Balaban J connectivity index is 1.97. The maximum absolute atomic E-state index is 13.6. The third-order valence-corrected chi connectivity index (χ3v) is 6.24. The number of Topliss-reactive ketones (excluding diaryl/α,β-unsaturated/α-hetero) is 1. The number of aliphatic hydroxyl groups is 1. The summed E-state index contributed by atoms with van der Waals surface area (Å²) in [4.78, 5) is 27.9. The Bertz CT molecular complexity index is 1350. The van der Waals surface area contributed by atoms with Crippen molar-refractivity contribution in [3.8, 4) is 11.5 Å². The number of carbonyl (C=O) groups is 2. The number of methoxy groups -OCH3 is 2. The number of rotatable bonds is 5. The fourth-order valence-electron chi connectivity index (χ4n) is 4.42. The Hall–Kier alpha value is -4.13. The van der Waals surface area contributed by atoms with Crippen molar-refractivity contribution in [1.82, 2.24) is 0 Å². The van der Waals surface area contributed by atoms with E-state index >= 15 is 0 Å². The molecule has 0 bridgehead atoms. The molecule has 7 heteroatoms. The van der Waals surface area contributed by atoms with Gasteiger partial charge in [-0.15, -0.1) is 0 Å². The second kappa shape index (κ2) is 9.49. The van der Waals surface area contributed by atoms with Gasteiger partial charge in [0.2, 0.25) is 0 Å². The Labute approximate surface area is 209 Å². The van der Waals surface area contributed by atoms with Gasteiger partial charge < -0.3 is 14.6 Å². The molecule has 6 nitrogen and oxygen atoms in total. The lowest BCUT2D eigenvalue weighted by Gasteiger charge is -2.26. The van der Waals surface area contributed by atoms with Crippen molar-refractivity contribution >= 4 is 23.1 Å². The number of amides is 1. The molecule has 0 saturated carbocycles. The number of hydrogen-bond acceptors (Lipinski definition) is 5. The molecular weight excluding hydrogens is 461 g/mol. The summed E-state index contributed by atoms with van der Waals surface area (Å²) in [6.45, 7) is 6.04. The quantitative estimate of drug-likeness (QED) is 0.280. The van der Waals surface area contributed by atoms with Gasteiger partial charge in [-0.1, -0.05) is 32.9 Å². The first-order valence-electron chi connectivity index (χ1n) is 11.5. The Morgan fingerprint density at radius 3 is 2.25 bits per heavy atom. The summed E-state index contributed by atoms with van der Waals surface area (Å²) >= 11 is 0. The van der Waals surface area contributed by atoms with Gasteiger partial charge in [0.05, 0.1) is 25.8 Å². The van der Waals surface area contributed by atoms with Crippen molar-refractivity contribution in [2.75, 3.05) is 19.1 Å². The van der Waals surface area contributed by atoms with Gasteiger partial charge >= 0.3 is 0 Å². The minimum Gasteiger partial charge on any atom is -0.507 e. The maximum atomic E-state index is 13.6. The van der Waals surface area contributed by atoms with Gasteiger partial charge in [0.15, 0.2) is 0 Å². The summed E-state index contributed by atoms with van der Waals surface area (Å²) in [5.74, 6) is -1.26. The summed E-state index contributed by atoms with van der Waals surface area (Å²) in [6.07, 6.45) is 0. The van der Waals surface area contributed by atoms with E-state index in [1.807, 2.05) is 20.8 Å². The first-order valence-corrected chi connectivity index (χ1v) is 11.5. The predicted molar refractivity (Wildman–Crippen MR) is 136 cm³/mol. The summed E-state index contributed by atoms with van der Waals surface area (Å²) < 4.78 is 24.5. The average molecular weight is 490 g/mol. The van der Waals surface area contributed by atoms with E-state index in [1.54, 1.807) is 49.6 Å². The van der Waals surface area contributed by atoms with Crippen LogP contribution in [0.1, 0.15) is 43.5 Å². The van der Waals surface area contributed by atoms with E-state index in [0.717, 1.165) is 5.56 Å². The van der Waals surface area contributed by atoms with Crippen LogP contribution in [0.4, 0.5) is 10.1 Å². The number of ketones is 1. The highest BCUT2D eigenvalue weighted by molar-refractivity contribution is 6.51. The molecule has 0 radical (unpaired) electrons. The second-order valence-electron chi connectivity index (χ2n) is 9.59. The average Bonchev–Trinajstić information content (AvgIpc) is 3.13. The Kier molecular flexibility index (Phi) is 6.59. The van der Waals surface area contributed by atoms with Crippen LogP contribution in [0, 0.1) is 5.82 Å². The lowest BCUT2D eigenvalue weighted by molar-refractivity contribution is -0.132. The highest BCUT2D eigenvalue weighted by atomic mass is 19.1. The molecule has 0 spiro atoms. The van der Waals surface area contributed by atoms with E-state index in [2.05, 4.69) is 0 Å². The fraction of sp³-hybridized carbons (Fsp3) is 0.241. The lowest BCUT2D eigenvalue weighted by Crippen LogP contribution is -2.29. The van der Waals surface area contributed by atoms with E-state index in [1.165, 1.54) is 36.3 Å². The topological polar surface area (TPSA) is 76.1 Å². The second-order valence-corrected chi connectivity index (χ2v) is 9.59. The van der Waals surface area contributed by atoms with Gasteiger partial charge in [0.25, 0.3) is 11.7 Å². The summed E-state index contributed by atoms with van der Waals surface area (Å²) in [5, 5.41) is 11.5. The van der Waals surface area contributed by atoms with E-state index in [0.29, 0.717) is 28.3 Å². The van der Waals surface area contributed by atoms with Gasteiger partial charge in [-0.3, -0.25) is 14.5 Å². The summed E-state index contributed by atoms with van der Waals surface area (Å²) in [6, 6.07) is 16.4. The summed E-state index contributed by atoms with van der Waals surface area (Å²) in [5.41, 5.74) is 1.72. The maximum Gasteiger partial charge on any atom is 0.300 e. The molecule has 3 aromatic carbocycles. The minimum atomic E-state index is -0.953. The summed E-state index contributed by atoms with van der Waals surface area (Å²) in [7, 11) is 3.09. The SMILES string of the molecule is COc1cccc(C2/C(=C(/O)c3ccc(OC)c(C(C)(C)C)c3)C(=O)C(=O)N2c2ccc(F)cc2)c1. The molecule has 1 amide bonds. The molecule has 1 unspecified atom stereocenters. The first-order chi connectivity index (χ1) is 17.1. The number of nitrogens with zero attached hydrogens (tertiary/aromatic N) is 1. The van der Waals surface area contributed by atoms with Crippen LogP contribution in [0.15, 0.2) is 72.3 Å². The highest BCUT2D eigenvalue weighted by Crippen LogP contribution is 2.43. The highest BCUT2D eigenvalue weighted by Gasteiger charge is 2.47. The number of ether oxygens (including phenoxy) is 2. The van der Waals surface area contributed by atoms with E-state index < -0.39 is 23.5 Å². The largest absolute Gasteiger partial charge is 0.507 e. The van der Waals surface area contributed by atoms with Gasteiger partial charge in [-0.25, -0.2) is 4.39 Å². The molecule has 0 aromatic heterocycles. The van der Waals surface area contributed by atoms with Gasteiger partial charge in [-0.2, -0.15) is 0 Å². The van der Waals surface area contributed by atoms with E-state index in [4.69, 9.17) is 9.47 Å². The molecule has 4 rings (SSSR count). The van der Waals surface area contributed by atoms with Crippen LogP contribution < -0.4 is 14.4 Å². The molecule has 36 heavy (non-hydrogen) atoms. The zero-order valence-electron chi connectivity index (χ0n) is 20.8. The van der Waals surface area contributed by atoms with Crippen LogP contribution >= 0.6 is 0 Å². The molecule has 1 fully saturated rings. The molecular formula is C29H28FNO5. The fourth-order valence-corrected chi connectivity index (χ4v) is 4.42. The Morgan fingerprint density at radius 1 is 0.944 bits per heavy atom.